The van der Waals surface area contributed by atoms with E-state index in [0.29, 0.717) is 47.0 Å². The molecule has 0 radical (unpaired) electrons. The number of hydrogen-bond donors (Lipinski definition) is 0. The quantitative estimate of drug-likeness (QED) is 0.781. The molecule has 1 aliphatic heterocycles. The molecule has 0 spiro atoms. The Morgan fingerprint density at radius 1 is 1.04 bits per heavy atom. The van der Waals surface area contributed by atoms with Crippen LogP contribution in [-0.2, 0) is 0 Å². The van der Waals surface area contributed by atoms with Crippen molar-refractivity contribution in [1.29, 1.82) is 0 Å². The molecule has 0 atom stereocenters. The van der Waals surface area contributed by atoms with E-state index in [4.69, 9.17) is 16.0 Å². The van der Waals surface area contributed by atoms with E-state index in [2.05, 4.69) is 15.9 Å². The van der Waals surface area contributed by atoms with E-state index >= 15 is 0 Å². The van der Waals surface area contributed by atoms with Crippen molar-refractivity contribution in [3.05, 3.63) is 57.4 Å². The molecular formula is C16H14BrClN2O3. The lowest BCUT2D eigenvalue weighted by Crippen LogP contribution is -2.50. The largest absolute Gasteiger partial charge is 0.459 e. The van der Waals surface area contributed by atoms with Crippen molar-refractivity contribution >= 4 is 39.3 Å². The average Bonchev–Trinajstić information content (AvgIpc) is 3.11. The molecule has 0 saturated carbocycles. The third-order valence-electron chi connectivity index (χ3n) is 3.75. The van der Waals surface area contributed by atoms with E-state index in [9.17, 15) is 9.59 Å². The van der Waals surface area contributed by atoms with Gasteiger partial charge in [0, 0.05) is 36.2 Å². The highest BCUT2D eigenvalue weighted by Crippen LogP contribution is 2.24. The van der Waals surface area contributed by atoms with Crippen LogP contribution in [0.25, 0.3) is 0 Å². The lowest BCUT2D eigenvalue weighted by atomic mass is 10.2. The molecule has 5 nitrogen and oxygen atoms in total. The second-order valence-corrected chi connectivity index (χ2v) is 6.45. The van der Waals surface area contributed by atoms with Gasteiger partial charge in [-0.25, -0.2) is 0 Å². The summed E-state index contributed by atoms with van der Waals surface area (Å²) in [6, 6.07) is 8.44. The molecule has 0 unspecified atom stereocenters. The van der Waals surface area contributed by atoms with Gasteiger partial charge in [0.05, 0.1) is 11.3 Å². The number of halogens is 2. The molecule has 1 fully saturated rings. The molecule has 23 heavy (non-hydrogen) atoms. The molecule has 1 aromatic heterocycles. The maximum atomic E-state index is 12.5. The Labute approximate surface area is 146 Å². The van der Waals surface area contributed by atoms with E-state index in [0.717, 1.165) is 0 Å². The second-order valence-electron chi connectivity index (χ2n) is 5.19. The zero-order valence-corrected chi connectivity index (χ0v) is 14.5. The topological polar surface area (TPSA) is 53.8 Å². The van der Waals surface area contributed by atoms with Crippen LogP contribution in [-0.4, -0.2) is 47.8 Å². The Kier molecular flexibility index (Phi) is 4.73. The standard InChI is InChI=1S/C16H14BrClN2O3/c17-12-10-11(3-4-13(12)18)15(21)19-5-7-20(8-6-19)16(22)14-2-1-9-23-14/h1-4,9-10H,5-8H2. The molecule has 2 aromatic rings. The van der Waals surface area contributed by atoms with Gasteiger partial charge in [-0.15, -0.1) is 0 Å². The van der Waals surface area contributed by atoms with Crippen molar-refractivity contribution in [2.24, 2.45) is 0 Å². The van der Waals surface area contributed by atoms with Crippen molar-refractivity contribution in [3.8, 4) is 0 Å². The maximum absolute atomic E-state index is 12.5. The Morgan fingerprint density at radius 2 is 1.70 bits per heavy atom. The van der Waals surface area contributed by atoms with Crippen molar-refractivity contribution in [2.45, 2.75) is 0 Å². The third-order valence-corrected chi connectivity index (χ3v) is 4.97. The number of furan rings is 1. The molecule has 7 heteroatoms. The van der Waals surface area contributed by atoms with Crippen LogP contribution in [0.3, 0.4) is 0 Å². The van der Waals surface area contributed by atoms with Crippen molar-refractivity contribution in [1.82, 2.24) is 9.80 Å². The highest BCUT2D eigenvalue weighted by atomic mass is 79.9. The van der Waals surface area contributed by atoms with Crippen molar-refractivity contribution in [2.75, 3.05) is 26.2 Å². The van der Waals surface area contributed by atoms with Crippen LogP contribution in [0.15, 0.2) is 45.5 Å². The minimum Gasteiger partial charge on any atom is -0.459 e. The normalized spacial score (nSPS) is 14.9. The van der Waals surface area contributed by atoms with E-state index in [-0.39, 0.29) is 11.8 Å². The highest BCUT2D eigenvalue weighted by molar-refractivity contribution is 9.10. The first-order chi connectivity index (χ1) is 11.1. The van der Waals surface area contributed by atoms with Gasteiger partial charge in [0.2, 0.25) is 0 Å². The molecule has 3 rings (SSSR count). The molecule has 0 aliphatic carbocycles. The van der Waals surface area contributed by atoms with Crippen LogP contribution in [0.5, 0.6) is 0 Å². The summed E-state index contributed by atoms with van der Waals surface area (Å²) in [5.74, 6) is 0.121. The van der Waals surface area contributed by atoms with Gasteiger partial charge in [0.1, 0.15) is 0 Å². The van der Waals surface area contributed by atoms with Gasteiger partial charge in [-0.05, 0) is 46.3 Å². The van der Waals surface area contributed by atoms with Gasteiger partial charge in [-0.2, -0.15) is 0 Å². The van der Waals surface area contributed by atoms with Crippen LogP contribution >= 0.6 is 27.5 Å². The zero-order valence-electron chi connectivity index (χ0n) is 12.2. The lowest BCUT2D eigenvalue weighted by Gasteiger charge is -2.34. The number of hydrogen-bond acceptors (Lipinski definition) is 3. The number of nitrogens with zero attached hydrogens (tertiary/aromatic N) is 2. The SMILES string of the molecule is O=C(c1ccc(Cl)c(Br)c1)N1CCN(C(=O)c2ccco2)CC1. The summed E-state index contributed by atoms with van der Waals surface area (Å²) in [6.45, 7) is 1.96. The van der Waals surface area contributed by atoms with Gasteiger partial charge in [-0.3, -0.25) is 9.59 Å². The molecule has 0 bridgehead atoms. The first kappa shape index (κ1) is 16.1. The fraction of sp³-hybridized carbons (Fsp3) is 0.250. The molecule has 1 saturated heterocycles. The number of benzene rings is 1. The smallest absolute Gasteiger partial charge is 0.289 e. The van der Waals surface area contributed by atoms with Gasteiger partial charge in [-0.1, -0.05) is 11.6 Å². The Morgan fingerprint density at radius 3 is 2.26 bits per heavy atom. The molecule has 0 N–H and O–H groups in total. The second kappa shape index (κ2) is 6.76. The first-order valence-corrected chi connectivity index (χ1v) is 8.30. The number of amides is 2. The molecule has 120 valence electrons. The molecule has 2 amide bonds. The van der Waals surface area contributed by atoms with Crippen LogP contribution in [0, 0.1) is 0 Å². The van der Waals surface area contributed by atoms with Crippen molar-refractivity contribution < 1.29 is 14.0 Å². The van der Waals surface area contributed by atoms with E-state index in [1.54, 1.807) is 40.1 Å². The van der Waals surface area contributed by atoms with Gasteiger partial charge in [0.15, 0.2) is 5.76 Å². The average molecular weight is 398 g/mol. The van der Waals surface area contributed by atoms with Crippen molar-refractivity contribution in [3.63, 3.8) is 0 Å². The summed E-state index contributed by atoms with van der Waals surface area (Å²) in [5, 5.41) is 0.565. The van der Waals surface area contributed by atoms with Crippen LogP contribution < -0.4 is 0 Å². The van der Waals surface area contributed by atoms with E-state index in [1.165, 1.54) is 6.26 Å². The molecule has 1 aromatic carbocycles. The minimum absolute atomic E-state index is 0.0625. The monoisotopic (exact) mass is 396 g/mol. The predicted molar refractivity (Wildman–Crippen MR) is 89.7 cm³/mol. The van der Waals surface area contributed by atoms with Crippen LogP contribution in [0.4, 0.5) is 0 Å². The van der Waals surface area contributed by atoms with Gasteiger partial charge >= 0.3 is 0 Å². The summed E-state index contributed by atoms with van der Waals surface area (Å²) in [6.07, 6.45) is 1.48. The Balaban J connectivity index is 1.63. The fourth-order valence-electron chi connectivity index (χ4n) is 2.48. The summed E-state index contributed by atoms with van der Waals surface area (Å²) in [4.78, 5) is 28.1. The predicted octanol–water partition coefficient (Wildman–Crippen LogP) is 3.29. The fourth-order valence-corrected chi connectivity index (χ4v) is 2.98. The summed E-state index contributed by atoms with van der Waals surface area (Å²) in [7, 11) is 0. The van der Waals surface area contributed by atoms with Crippen LogP contribution in [0.1, 0.15) is 20.9 Å². The number of rotatable bonds is 2. The number of carbonyl (C=O) groups excluding carboxylic acids is 2. The van der Waals surface area contributed by atoms with E-state index in [1.807, 2.05) is 0 Å². The number of carbonyl (C=O) groups is 2. The number of piperazine rings is 1. The minimum atomic E-state index is -0.142. The Bertz CT molecular complexity index is 725. The summed E-state index contributed by atoms with van der Waals surface area (Å²) >= 11 is 9.27. The van der Waals surface area contributed by atoms with Gasteiger partial charge in [0.25, 0.3) is 11.8 Å². The Hall–Kier alpha value is -1.79. The van der Waals surface area contributed by atoms with E-state index < -0.39 is 0 Å². The molecular weight excluding hydrogens is 384 g/mol. The maximum Gasteiger partial charge on any atom is 0.289 e. The summed E-state index contributed by atoms with van der Waals surface area (Å²) < 4.78 is 5.82. The van der Waals surface area contributed by atoms with Gasteiger partial charge < -0.3 is 14.2 Å². The third kappa shape index (κ3) is 3.43. The molecule has 2 heterocycles. The summed E-state index contributed by atoms with van der Waals surface area (Å²) in [5.41, 5.74) is 0.576. The first-order valence-electron chi connectivity index (χ1n) is 7.13. The highest BCUT2D eigenvalue weighted by Gasteiger charge is 2.26. The molecule has 1 aliphatic rings. The lowest BCUT2D eigenvalue weighted by molar-refractivity contribution is 0.0518. The zero-order chi connectivity index (χ0) is 16.4. The van der Waals surface area contributed by atoms with Crippen LogP contribution in [0.2, 0.25) is 5.02 Å².